The second-order valence-electron chi connectivity index (χ2n) is 5.97. The van der Waals surface area contributed by atoms with Crippen LogP contribution in [0.4, 0.5) is 0 Å². The van der Waals surface area contributed by atoms with E-state index < -0.39 is 5.97 Å². The number of hydrogen-bond donors (Lipinski definition) is 1. The third-order valence-electron chi connectivity index (χ3n) is 4.73. The SMILES string of the molecule is CCn1nc(CC(C(=O)O)C2CCCC2)c2ccccc21. The largest absolute Gasteiger partial charge is 0.481 e. The highest BCUT2D eigenvalue weighted by Gasteiger charge is 2.31. The van der Waals surface area contributed by atoms with Crippen molar-refractivity contribution in [3.63, 3.8) is 0 Å². The van der Waals surface area contributed by atoms with E-state index in [0.717, 1.165) is 36.0 Å². The second kappa shape index (κ2) is 5.88. The number of aromatic nitrogens is 2. The summed E-state index contributed by atoms with van der Waals surface area (Å²) < 4.78 is 1.97. The van der Waals surface area contributed by atoms with Crippen molar-refractivity contribution < 1.29 is 9.90 Å². The van der Waals surface area contributed by atoms with E-state index in [1.165, 1.54) is 12.8 Å². The van der Waals surface area contributed by atoms with Crippen LogP contribution >= 0.6 is 0 Å². The van der Waals surface area contributed by atoms with Crippen molar-refractivity contribution in [2.45, 2.75) is 45.6 Å². The van der Waals surface area contributed by atoms with Crippen molar-refractivity contribution in [2.75, 3.05) is 0 Å². The van der Waals surface area contributed by atoms with Gasteiger partial charge in [0, 0.05) is 18.4 Å². The fourth-order valence-corrected chi connectivity index (χ4v) is 3.61. The zero-order valence-corrected chi connectivity index (χ0v) is 12.5. The van der Waals surface area contributed by atoms with E-state index in [1.807, 2.05) is 16.8 Å². The quantitative estimate of drug-likeness (QED) is 0.915. The predicted molar refractivity (Wildman–Crippen MR) is 82.2 cm³/mol. The molecule has 0 radical (unpaired) electrons. The first-order valence-electron chi connectivity index (χ1n) is 7.88. The third kappa shape index (κ3) is 2.67. The topological polar surface area (TPSA) is 55.1 Å². The van der Waals surface area contributed by atoms with E-state index >= 15 is 0 Å². The number of carbonyl (C=O) groups is 1. The molecule has 1 atom stereocenters. The van der Waals surface area contributed by atoms with Crippen molar-refractivity contribution in [3.8, 4) is 0 Å². The summed E-state index contributed by atoms with van der Waals surface area (Å²) in [5, 5.41) is 15.4. The number of aliphatic carboxylic acids is 1. The molecule has 1 aliphatic carbocycles. The highest BCUT2D eigenvalue weighted by atomic mass is 16.4. The van der Waals surface area contributed by atoms with E-state index in [1.54, 1.807) is 0 Å². The standard InChI is InChI=1S/C17H22N2O2/c1-2-19-16-10-6-5-9-13(16)15(18-19)11-14(17(20)21)12-7-3-4-8-12/h5-6,9-10,12,14H,2-4,7-8,11H2,1H3,(H,20,21). The van der Waals surface area contributed by atoms with Gasteiger partial charge in [0.15, 0.2) is 0 Å². The van der Waals surface area contributed by atoms with Crippen LogP contribution in [-0.4, -0.2) is 20.9 Å². The van der Waals surface area contributed by atoms with E-state index in [0.29, 0.717) is 12.3 Å². The van der Waals surface area contributed by atoms with Crippen molar-refractivity contribution in [2.24, 2.45) is 11.8 Å². The van der Waals surface area contributed by atoms with Gasteiger partial charge < -0.3 is 5.11 Å². The molecule has 4 nitrogen and oxygen atoms in total. The van der Waals surface area contributed by atoms with E-state index in [9.17, 15) is 9.90 Å². The summed E-state index contributed by atoms with van der Waals surface area (Å²) in [5.41, 5.74) is 2.04. The fourth-order valence-electron chi connectivity index (χ4n) is 3.61. The Morgan fingerprint density at radius 3 is 2.76 bits per heavy atom. The molecule has 0 saturated heterocycles. The van der Waals surface area contributed by atoms with Crippen LogP contribution < -0.4 is 0 Å². The Kier molecular flexibility index (Phi) is 3.95. The van der Waals surface area contributed by atoms with Crippen molar-refractivity contribution in [1.82, 2.24) is 9.78 Å². The number of carboxylic acids is 1. The molecule has 0 aliphatic heterocycles. The Morgan fingerprint density at radius 1 is 1.38 bits per heavy atom. The zero-order valence-electron chi connectivity index (χ0n) is 12.5. The van der Waals surface area contributed by atoms with Gasteiger partial charge in [0.1, 0.15) is 0 Å². The smallest absolute Gasteiger partial charge is 0.307 e. The summed E-state index contributed by atoms with van der Waals surface area (Å²) in [6, 6.07) is 8.11. The Labute approximate surface area is 124 Å². The summed E-state index contributed by atoms with van der Waals surface area (Å²) in [7, 11) is 0. The highest BCUT2D eigenvalue weighted by Crippen LogP contribution is 2.34. The molecule has 1 aromatic carbocycles. The number of para-hydroxylation sites is 1. The maximum atomic E-state index is 11.7. The Morgan fingerprint density at radius 2 is 2.10 bits per heavy atom. The maximum Gasteiger partial charge on any atom is 0.307 e. The monoisotopic (exact) mass is 286 g/mol. The van der Waals surface area contributed by atoms with Crippen LogP contribution in [0.3, 0.4) is 0 Å². The Balaban J connectivity index is 1.94. The lowest BCUT2D eigenvalue weighted by Crippen LogP contribution is -2.24. The minimum absolute atomic E-state index is 0.295. The first-order chi connectivity index (χ1) is 10.2. The molecule has 4 heteroatoms. The van der Waals surface area contributed by atoms with Gasteiger partial charge in [-0.3, -0.25) is 9.48 Å². The van der Waals surface area contributed by atoms with E-state index in [2.05, 4.69) is 24.2 Å². The zero-order chi connectivity index (χ0) is 14.8. The summed E-state index contributed by atoms with van der Waals surface area (Å²) in [4.78, 5) is 11.7. The number of fused-ring (bicyclic) bond motifs is 1. The lowest BCUT2D eigenvalue weighted by molar-refractivity contribution is -0.143. The number of nitrogens with zero attached hydrogens (tertiary/aromatic N) is 2. The minimum Gasteiger partial charge on any atom is -0.481 e. The maximum absolute atomic E-state index is 11.7. The van der Waals surface area contributed by atoms with Gasteiger partial charge in [-0.25, -0.2) is 0 Å². The number of hydrogen-bond acceptors (Lipinski definition) is 2. The average Bonchev–Trinajstić information content (AvgIpc) is 3.12. The van der Waals surface area contributed by atoms with Crippen molar-refractivity contribution in [3.05, 3.63) is 30.0 Å². The predicted octanol–water partition coefficient (Wildman–Crippen LogP) is 3.49. The first-order valence-corrected chi connectivity index (χ1v) is 7.88. The van der Waals surface area contributed by atoms with Gasteiger partial charge in [0.05, 0.1) is 17.1 Å². The highest BCUT2D eigenvalue weighted by molar-refractivity contribution is 5.82. The van der Waals surface area contributed by atoms with Crippen LogP contribution in [0.1, 0.15) is 38.3 Å². The van der Waals surface area contributed by atoms with E-state index in [-0.39, 0.29) is 5.92 Å². The molecule has 3 rings (SSSR count). The molecular formula is C17H22N2O2. The summed E-state index contributed by atoms with van der Waals surface area (Å²) in [5.74, 6) is -0.652. The van der Waals surface area contributed by atoms with Crippen LogP contribution in [0.5, 0.6) is 0 Å². The van der Waals surface area contributed by atoms with E-state index in [4.69, 9.17) is 0 Å². The fraction of sp³-hybridized carbons (Fsp3) is 0.529. The van der Waals surface area contributed by atoms with Crippen LogP contribution in [0.15, 0.2) is 24.3 Å². The average molecular weight is 286 g/mol. The molecule has 1 N–H and O–H groups in total. The molecule has 0 spiro atoms. The molecule has 21 heavy (non-hydrogen) atoms. The van der Waals surface area contributed by atoms with Gasteiger partial charge in [-0.05, 0) is 31.7 Å². The number of rotatable bonds is 5. The van der Waals surface area contributed by atoms with Gasteiger partial charge in [-0.1, -0.05) is 31.0 Å². The van der Waals surface area contributed by atoms with Gasteiger partial charge in [-0.15, -0.1) is 0 Å². The molecule has 1 aliphatic rings. The third-order valence-corrected chi connectivity index (χ3v) is 4.73. The lowest BCUT2D eigenvalue weighted by atomic mass is 9.86. The summed E-state index contributed by atoms with van der Waals surface area (Å²) in [6.07, 6.45) is 4.97. The molecule has 1 aromatic heterocycles. The van der Waals surface area contributed by atoms with Crippen LogP contribution in [0.25, 0.3) is 10.9 Å². The number of aryl methyl sites for hydroxylation is 1. The molecule has 112 valence electrons. The van der Waals surface area contributed by atoms with Gasteiger partial charge in [0.2, 0.25) is 0 Å². The van der Waals surface area contributed by atoms with Crippen molar-refractivity contribution >= 4 is 16.9 Å². The normalized spacial score (nSPS) is 17.4. The summed E-state index contributed by atoms with van der Waals surface area (Å²) in [6.45, 7) is 2.87. The Hall–Kier alpha value is -1.84. The van der Waals surface area contributed by atoms with Crippen LogP contribution in [0, 0.1) is 11.8 Å². The van der Waals surface area contributed by atoms with Gasteiger partial charge >= 0.3 is 5.97 Å². The Bertz CT molecular complexity index is 641. The number of benzene rings is 1. The minimum atomic E-state index is -0.669. The summed E-state index contributed by atoms with van der Waals surface area (Å²) >= 11 is 0. The molecule has 1 unspecified atom stereocenters. The second-order valence-corrected chi connectivity index (χ2v) is 5.97. The van der Waals surface area contributed by atoms with Gasteiger partial charge in [-0.2, -0.15) is 5.10 Å². The molecule has 2 aromatic rings. The number of carboxylic acid groups (broad SMARTS) is 1. The molecule has 1 saturated carbocycles. The van der Waals surface area contributed by atoms with Crippen LogP contribution in [0.2, 0.25) is 0 Å². The molecule has 0 bridgehead atoms. The van der Waals surface area contributed by atoms with Crippen molar-refractivity contribution in [1.29, 1.82) is 0 Å². The molecule has 0 amide bonds. The van der Waals surface area contributed by atoms with Gasteiger partial charge in [0.25, 0.3) is 0 Å². The lowest BCUT2D eigenvalue weighted by Gasteiger charge is -2.18. The molecule has 1 heterocycles. The first kappa shape index (κ1) is 14.1. The molecule has 1 fully saturated rings. The van der Waals surface area contributed by atoms with Crippen LogP contribution in [-0.2, 0) is 17.8 Å². The molecular weight excluding hydrogens is 264 g/mol.